The summed E-state index contributed by atoms with van der Waals surface area (Å²) in [6.45, 7) is 3.18. The van der Waals surface area contributed by atoms with Crippen LogP contribution in [0.1, 0.15) is 17.0 Å². The number of nitrogens with two attached hydrogens (primary N) is 1. The standard InChI is InChI=1S/C13H17N3O/c1-10-3-5-12(6-4-10)16(2)9-13-7-11(8-14)15-17-13/h3-7H,8-9,14H2,1-2H3. The Hall–Kier alpha value is -1.81. The van der Waals surface area contributed by atoms with Gasteiger partial charge >= 0.3 is 0 Å². The van der Waals surface area contributed by atoms with Crippen LogP contribution in [0.3, 0.4) is 0 Å². The fourth-order valence-electron chi connectivity index (χ4n) is 1.65. The van der Waals surface area contributed by atoms with Crippen molar-refractivity contribution in [3.63, 3.8) is 0 Å². The molecule has 0 saturated carbocycles. The highest BCUT2D eigenvalue weighted by atomic mass is 16.5. The Balaban J connectivity index is 2.05. The largest absolute Gasteiger partial charge is 0.367 e. The topological polar surface area (TPSA) is 55.3 Å². The van der Waals surface area contributed by atoms with Gasteiger partial charge in [0.25, 0.3) is 0 Å². The molecule has 90 valence electrons. The van der Waals surface area contributed by atoms with Crippen molar-refractivity contribution in [2.45, 2.75) is 20.0 Å². The Kier molecular flexibility index (Phi) is 3.44. The molecule has 0 aliphatic carbocycles. The van der Waals surface area contributed by atoms with Gasteiger partial charge in [0.2, 0.25) is 0 Å². The van der Waals surface area contributed by atoms with E-state index < -0.39 is 0 Å². The molecule has 0 aliphatic rings. The first-order valence-corrected chi connectivity index (χ1v) is 5.61. The predicted octanol–water partition coefficient (Wildman–Crippen LogP) is 2.08. The van der Waals surface area contributed by atoms with E-state index in [1.165, 1.54) is 5.56 Å². The van der Waals surface area contributed by atoms with E-state index in [9.17, 15) is 0 Å². The van der Waals surface area contributed by atoms with Crippen molar-refractivity contribution in [3.8, 4) is 0 Å². The maximum atomic E-state index is 5.49. The summed E-state index contributed by atoms with van der Waals surface area (Å²) in [5.41, 5.74) is 8.69. The highest BCUT2D eigenvalue weighted by Gasteiger charge is 2.07. The average Bonchev–Trinajstić information content (AvgIpc) is 2.77. The summed E-state index contributed by atoms with van der Waals surface area (Å²) in [5, 5.41) is 3.87. The molecular weight excluding hydrogens is 214 g/mol. The summed E-state index contributed by atoms with van der Waals surface area (Å²) >= 11 is 0. The van der Waals surface area contributed by atoms with Crippen LogP contribution in [0.2, 0.25) is 0 Å². The summed E-state index contributed by atoms with van der Waals surface area (Å²) in [5.74, 6) is 0.827. The molecule has 17 heavy (non-hydrogen) atoms. The van der Waals surface area contributed by atoms with Gasteiger partial charge in [-0.15, -0.1) is 0 Å². The van der Waals surface area contributed by atoms with Crippen molar-refractivity contribution in [3.05, 3.63) is 47.3 Å². The van der Waals surface area contributed by atoms with Crippen LogP contribution >= 0.6 is 0 Å². The maximum absolute atomic E-state index is 5.49. The van der Waals surface area contributed by atoms with Crippen molar-refractivity contribution in [1.82, 2.24) is 5.16 Å². The number of aryl methyl sites for hydroxylation is 1. The molecule has 1 aromatic carbocycles. The van der Waals surface area contributed by atoms with Crippen molar-refractivity contribution in [2.24, 2.45) is 5.73 Å². The number of benzene rings is 1. The monoisotopic (exact) mass is 231 g/mol. The zero-order valence-corrected chi connectivity index (χ0v) is 10.2. The molecule has 0 saturated heterocycles. The molecule has 4 nitrogen and oxygen atoms in total. The number of anilines is 1. The smallest absolute Gasteiger partial charge is 0.156 e. The SMILES string of the molecule is Cc1ccc(N(C)Cc2cc(CN)no2)cc1. The van der Waals surface area contributed by atoms with Crippen molar-refractivity contribution in [2.75, 3.05) is 11.9 Å². The van der Waals surface area contributed by atoms with Gasteiger partial charge in [-0.3, -0.25) is 0 Å². The van der Waals surface area contributed by atoms with Gasteiger partial charge in [-0.2, -0.15) is 0 Å². The quantitative estimate of drug-likeness (QED) is 0.875. The molecule has 2 N–H and O–H groups in total. The molecule has 0 unspecified atom stereocenters. The van der Waals surface area contributed by atoms with Gasteiger partial charge in [0.05, 0.1) is 12.2 Å². The zero-order chi connectivity index (χ0) is 12.3. The predicted molar refractivity (Wildman–Crippen MR) is 67.7 cm³/mol. The van der Waals surface area contributed by atoms with Crippen LogP contribution in [0, 0.1) is 6.92 Å². The number of nitrogens with zero attached hydrogens (tertiary/aromatic N) is 2. The second kappa shape index (κ2) is 5.01. The summed E-state index contributed by atoms with van der Waals surface area (Å²) in [6, 6.07) is 10.3. The van der Waals surface area contributed by atoms with Crippen LogP contribution < -0.4 is 10.6 Å². The molecule has 0 spiro atoms. The lowest BCUT2D eigenvalue weighted by Crippen LogP contribution is -2.15. The lowest BCUT2D eigenvalue weighted by atomic mass is 10.2. The van der Waals surface area contributed by atoms with E-state index in [4.69, 9.17) is 10.3 Å². The van der Waals surface area contributed by atoms with Crippen LogP contribution in [0.15, 0.2) is 34.9 Å². The molecule has 2 rings (SSSR count). The van der Waals surface area contributed by atoms with Crippen LogP contribution in [0.5, 0.6) is 0 Å². The highest BCUT2D eigenvalue weighted by Crippen LogP contribution is 2.16. The maximum Gasteiger partial charge on any atom is 0.156 e. The molecule has 0 aliphatic heterocycles. The summed E-state index contributed by atoms with van der Waals surface area (Å²) in [4.78, 5) is 2.11. The van der Waals surface area contributed by atoms with Crippen molar-refractivity contribution in [1.29, 1.82) is 0 Å². The minimum atomic E-state index is 0.414. The first kappa shape index (κ1) is 11.7. The van der Waals surface area contributed by atoms with Gasteiger partial charge in [0, 0.05) is 25.3 Å². The van der Waals surface area contributed by atoms with E-state index in [1.54, 1.807) is 0 Å². The molecule has 0 fully saturated rings. The van der Waals surface area contributed by atoms with Crippen molar-refractivity contribution < 1.29 is 4.52 Å². The van der Waals surface area contributed by atoms with Gasteiger partial charge in [-0.05, 0) is 19.1 Å². The minimum Gasteiger partial charge on any atom is -0.367 e. The molecule has 0 amide bonds. The van der Waals surface area contributed by atoms with E-state index >= 15 is 0 Å². The normalized spacial score (nSPS) is 10.5. The molecule has 0 bridgehead atoms. The second-order valence-electron chi connectivity index (χ2n) is 4.18. The first-order valence-electron chi connectivity index (χ1n) is 5.61. The summed E-state index contributed by atoms with van der Waals surface area (Å²) in [6.07, 6.45) is 0. The van der Waals surface area contributed by atoms with Gasteiger partial charge in [0.15, 0.2) is 5.76 Å². The third kappa shape index (κ3) is 2.85. The minimum absolute atomic E-state index is 0.414. The van der Waals surface area contributed by atoms with Crippen LogP contribution in [0.25, 0.3) is 0 Å². The molecule has 0 atom stereocenters. The fraction of sp³-hybridized carbons (Fsp3) is 0.308. The lowest BCUT2D eigenvalue weighted by Gasteiger charge is -2.17. The summed E-state index contributed by atoms with van der Waals surface area (Å²) < 4.78 is 5.20. The number of rotatable bonds is 4. The Labute approximate surface area is 101 Å². The Bertz CT molecular complexity index is 476. The van der Waals surface area contributed by atoms with E-state index in [0.29, 0.717) is 13.1 Å². The highest BCUT2D eigenvalue weighted by molar-refractivity contribution is 5.46. The van der Waals surface area contributed by atoms with E-state index in [-0.39, 0.29) is 0 Å². The van der Waals surface area contributed by atoms with Gasteiger partial charge < -0.3 is 15.2 Å². The first-order chi connectivity index (χ1) is 8.19. The molecule has 1 aromatic heterocycles. The average molecular weight is 231 g/mol. The van der Waals surface area contributed by atoms with E-state index in [2.05, 4.69) is 41.2 Å². The van der Waals surface area contributed by atoms with Crippen LogP contribution in [0.4, 0.5) is 5.69 Å². The molecule has 4 heteroatoms. The Morgan fingerprint density at radius 1 is 1.29 bits per heavy atom. The van der Waals surface area contributed by atoms with E-state index in [1.807, 2.05) is 13.1 Å². The van der Waals surface area contributed by atoms with E-state index in [0.717, 1.165) is 17.1 Å². The third-order valence-corrected chi connectivity index (χ3v) is 2.68. The van der Waals surface area contributed by atoms with Gasteiger partial charge in [-0.1, -0.05) is 22.9 Å². The van der Waals surface area contributed by atoms with Crippen molar-refractivity contribution >= 4 is 5.69 Å². The fourth-order valence-corrected chi connectivity index (χ4v) is 1.65. The Morgan fingerprint density at radius 2 is 2.00 bits per heavy atom. The third-order valence-electron chi connectivity index (χ3n) is 2.68. The molecular formula is C13H17N3O. The van der Waals surface area contributed by atoms with Gasteiger partial charge in [0.1, 0.15) is 0 Å². The summed E-state index contributed by atoms with van der Waals surface area (Å²) in [7, 11) is 2.02. The molecule has 0 radical (unpaired) electrons. The Morgan fingerprint density at radius 3 is 2.59 bits per heavy atom. The lowest BCUT2D eigenvalue weighted by molar-refractivity contribution is 0.377. The number of hydrogen-bond acceptors (Lipinski definition) is 4. The second-order valence-corrected chi connectivity index (χ2v) is 4.18. The molecule has 2 aromatic rings. The number of hydrogen-bond donors (Lipinski definition) is 1. The van der Waals surface area contributed by atoms with Gasteiger partial charge in [-0.25, -0.2) is 0 Å². The zero-order valence-electron chi connectivity index (χ0n) is 10.2. The van der Waals surface area contributed by atoms with Crippen LogP contribution in [-0.2, 0) is 13.1 Å². The molecule has 1 heterocycles. The van der Waals surface area contributed by atoms with Crippen LogP contribution in [-0.4, -0.2) is 12.2 Å². The number of aromatic nitrogens is 1.